The predicted molar refractivity (Wildman–Crippen MR) is 85.9 cm³/mol. The zero-order chi connectivity index (χ0) is 16.5. The van der Waals surface area contributed by atoms with E-state index in [0.29, 0.717) is 5.02 Å². The first kappa shape index (κ1) is 17.4. The smallest absolute Gasteiger partial charge is 0.264 e. The second kappa shape index (κ2) is 6.64. The summed E-state index contributed by atoms with van der Waals surface area (Å²) < 4.78 is 31.8. The molecule has 1 N–H and O–H groups in total. The van der Waals surface area contributed by atoms with E-state index in [4.69, 9.17) is 51.1 Å². The first-order valence-electron chi connectivity index (χ1n) is 5.49. The molecule has 0 radical (unpaired) electrons. The number of ether oxygens (including phenoxy) is 1. The lowest BCUT2D eigenvalue weighted by Crippen LogP contribution is -2.16. The van der Waals surface area contributed by atoms with E-state index in [2.05, 4.69) is 14.7 Å². The molecule has 2 rings (SSSR count). The van der Waals surface area contributed by atoms with Crippen molar-refractivity contribution in [1.29, 1.82) is 0 Å². The molecule has 0 atom stereocenters. The van der Waals surface area contributed by atoms with Crippen molar-refractivity contribution in [1.82, 2.24) is 9.97 Å². The molecule has 22 heavy (non-hydrogen) atoms. The van der Waals surface area contributed by atoms with Gasteiger partial charge in [0.05, 0.1) is 12.1 Å². The summed E-state index contributed by atoms with van der Waals surface area (Å²) in [6.45, 7) is 0. The molecular formula is C11H7Cl4N3O3S. The van der Waals surface area contributed by atoms with E-state index in [9.17, 15) is 8.42 Å². The molecule has 0 saturated carbocycles. The maximum Gasteiger partial charge on any atom is 0.264 e. The average molecular weight is 403 g/mol. The highest BCUT2D eigenvalue weighted by Crippen LogP contribution is 2.31. The number of nitrogens with one attached hydrogen (secondary N) is 1. The summed E-state index contributed by atoms with van der Waals surface area (Å²) in [6.07, 6.45) is 0. The summed E-state index contributed by atoms with van der Waals surface area (Å²) in [7, 11) is -2.77. The van der Waals surface area contributed by atoms with Crippen molar-refractivity contribution in [3.8, 4) is 5.88 Å². The molecule has 1 aromatic heterocycles. The van der Waals surface area contributed by atoms with Gasteiger partial charge in [-0.15, -0.1) is 0 Å². The highest BCUT2D eigenvalue weighted by Gasteiger charge is 2.22. The Morgan fingerprint density at radius 1 is 1.09 bits per heavy atom. The van der Waals surface area contributed by atoms with Gasteiger partial charge in [-0.25, -0.2) is 13.4 Å². The van der Waals surface area contributed by atoms with Crippen LogP contribution in [0.5, 0.6) is 5.88 Å². The number of rotatable bonds is 4. The molecule has 0 spiro atoms. The van der Waals surface area contributed by atoms with Crippen LogP contribution < -0.4 is 9.46 Å². The van der Waals surface area contributed by atoms with Gasteiger partial charge in [-0.05, 0) is 18.2 Å². The van der Waals surface area contributed by atoms with Crippen molar-refractivity contribution in [3.63, 3.8) is 0 Å². The molecule has 118 valence electrons. The molecule has 0 fully saturated rings. The van der Waals surface area contributed by atoms with Crippen molar-refractivity contribution < 1.29 is 13.2 Å². The number of nitrogens with zero attached hydrogens (tertiary/aromatic N) is 2. The Morgan fingerprint density at radius 3 is 2.32 bits per heavy atom. The largest absolute Gasteiger partial charge is 0.478 e. The standard InChI is InChI=1S/C11H7Cl4N3O3S/c1-21-11-10(16-8(14)9(15)17-11)18-22(19,20)7-3-2-5(12)4-6(7)13/h2-4H,1H3,(H,16,18). The van der Waals surface area contributed by atoms with Gasteiger partial charge in [0.2, 0.25) is 5.82 Å². The highest BCUT2D eigenvalue weighted by atomic mass is 35.5. The van der Waals surface area contributed by atoms with Crippen LogP contribution in [0.3, 0.4) is 0 Å². The monoisotopic (exact) mass is 401 g/mol. The normalized spacial score (nSPS) is 11.3. The van der Waals surface area contributed by atoms with Gasteiger partial charge in [0, 0.05) is 5.02 Å². The average Bonchev–Trinajstić information content (AvgIpc) is 2.41. The summed E-state index contributed by atoms with van der Waals surface area (Å²) in [5.41, 5.74) is 0. The molecule has 1 heterocycles. The van der Waals surface area contributed by atoms with Crippen molar-refractivity contribution in [2.75, 3.05) is 11.8 Å². The molecule has 0 bridgehead atoms. The van der Waals surface area contributed by atoms with Gasteiger partial charge in [0.15, 0.2) is 10.3 Å². The summed E-state index contributed by atoms with van der Waals surface area (Å²) >= 11 is 23.1. The second-order valence-corrected chi connectivity index (χ2v) is 7.05. The van der Waals surface area contributed by atoms with E-state index in [-0.39, 0.29) is 31.9 Å². The number of aromatic nitrogens is 2. The number of hydrogen-bond acceptors (Lipinski definition) is 5. The molecule has 2 aromatic rings. The van der Waals surface area contributed by atoms with E-state index < -0.39 is 10.0 Å². The van der Waals surface area contributed by atoms with Gasteiger partial charge in [-0.3, -0.25) is 4.72 Å². The van der Waals surface area contributed by atoms with Crippen molar-refractivity contribution in [2.24, 2.45) is 0 Å². The Kier molecular flexibility index (Phi) is 5.24. The number of anilines is 1. The molecular weight excluding hydrogens is 396 g/mol. The van der Waals surface area contributed by atoms with Gasteiger partial charge >= 0.3 is 0 Å². The van der Waals surface area contributed by atoms with Crippen LogP contribution >= 0.6 is 46.4 Å². The first-order valence-corrected chi connectivity index (χ1v) is 8.49. The van der Waals surface area contributed by atoms with Crippen molar-refractivity contribution >= 4 is 62.2 Å². The third-order valence-corrected chi connectivity index (χ3v) is 5.07. The topological polar surface area (TPSA) is 81.2 Å². The van der Waals surface area contributed by atoms with Gasteiger partial charge in [-0.2, -0.15) is 4.98 Å². The Hall–Kier alpha value is -0.990. The molecule has 0 unspecified atom stereocenters. The number of methoxy groups -OCH3 is 1. The fraction of sp³-hybridized carbons (Fsp3) is 0.0909. The lowest BCUT2D eigenvalue weighted by molar-refractivity contribution is 0.398. The third kappa shape index (κ3) is 3.67. The van der Waals surface area contributed by atoms with Gasteiger partial charge < -0.3 is 4.74 Å². The van der Waals surface area contributed by atoms with Crippen LogP contribution in [0.1, 0.15) is 0 Å². The van der Waals surface area contributed by atoms with Crippen LogP contribution in [0.4, 0.5) is 5.82 Å². The molecule has 0 aliphatic rings. The van der Waals surface area contributed by atoms with Gasteiger partial charge in [-0.1, -0.05) is 46.4 Å². The van der Waals surface area contributed by atoms with E-state index in [0.717, 1.165) is 0 Å². The number of halogens is 4. The van der Waals surface area contributed by atoms with E-state index >= 15 is 0 Å². The minimum Gasteiger partial charge on any atom is -0.478 e. The maximum atomic E-state index is 12.4. The summed E-state index contributed by atoms with van der Waals surface area (Å²) in [6, 6.07) is 3.94. The summed E-state index contributed by atoms with van der Waals surface area (Å²) in [5, 5.41) is -0.0452. The van der Waals surface area contributed by atoms with Crippen LogP contribution in [0.15, 0.2) is 23.1 Å². The Balaban J connectivity index is 2.47. The van der Waals surface area contributed by atoms with Crippen LogP contribution in [0, 0.1) is 0 Å². The lowest BCUT2D eigenvalue weighted by atomic mass is 10.4. The fourth-order valence-corrected chi connectivity index (χ4v) is 3.48. The summed E-state index contributed by atoms with van der Waals surface area (Å²) in [4.78, 5) is 7.37. The molecule has 0 amide bonds. The molecule has 0 aliphatic heterocycles. The predicted octanol–water partition coefficient (Wildman–Crippen LogP) is 3.90. The third-order valence-electron chi connectivity index (χ3n) is 2.39. The molecule has 1 aromatic carbocycles. The second-order valence-electron chi connectivity index (χ2n) is 3.84. The van der Waals surface area contributed by atoms with Gasteiger partial charge in [0.1, 0.15) is 4.90 Å². The first-order chi connectivity index (χ1) is 10.2. The lowest BCUT2D eigenvalue weighted by Gasteiger charge is -2.12. The van der Waals surface area contributed by atoms with Gasteiger partial charge in [0.25, 0.3) is 15.9 Å². The van der Waals surface area contributed by atoms with E-state index in [1.807, 2.05) is 0 Å². The quantitative estimate of drug-likeness (QED) is 0.838. The maximum absolute atomic E-state index is 12.4. The number of sulfonamides is 1. The Labute approximate surface area is 146 Å². The number of hydrogen-bond donors (Lipinski definition) is 1. The van der Waals surface area contributed by atoms with Crippen molar-refractivity contribution in [3.05, 3.63) is 38.6 Å². The minimum atomic E-state index is -4.05. The molecule has 6 nitrogen and oxygen atoms in total. The van der Waals surface area contributed by atoms with Crippen LogP contribution in [0.25, 0.3) is 0 Å². The zero-order valence-electron chi connectivity index (χ0n) is 10.8. The highest BCUT2D eigenvalue weighted by molar-refractivity contribution is 7.92. The molecule has 11 heteroatoms. The van der Waals surface area contributed by atoms with Crippen molar-refractivity contribution in [2.45, 2.75) is 4.90 Å². The molecule has 0 aliphatic carbocycles. The van der Waals surface area contributed by atoms with Crippen LogP contribution in [-0.4, -0.2) is 25.5 Å². The molecule has 0 saturated heterocycles. The fourth-order valence-electron chi connectivity index (χ4n) is 1.46. The van der Waals surface area contributed by atoms with E-state index in [1.54, 1.807) is 0 Å². The SMILES string of the molecule is COc1nc(Cl)c(Cl)nc1NS(=O)(=O)c1ccc(Cl)cc1Cl. The summed E-state index contributed by atoms with van der Waals surface area (Å²) in [5.74, 6) is -0.356. The zero-order valence-corrected chi connectivity index (χ0v) is 14.6. The van der Waals surface area contributed by atoms with Crippen LogP contribution in [-0.2, 0) is 10.0 Å². The Morgan fingerprint density at radius 2 is 1.73 bits per heavy atom. The Bertz CT molecular complexity index is 830. The van der Waals surface area contributed by atoms with E-state index in [1.165, 1.54) is 25.3 Å². The number of benzene rings is 1. The minimum absolute atomic E-state index is 0.0491. The van der Waals surface area contributed by atoms with Crippen LogP contribution in [0.2, 0.25) is 20.4 Å².